The fourth-order valence-corrected chi connectivity index (χ4v) is 3.54. The van der Waals surface area contributed by atoms with E-state index < -0.39 is 5.91 Å². The van der Waals surface area contributed by atoms with Crippen LogP contribution in [0, 0.1) is 0 Å². The van der Waals surface area contributed by atoms with Crippen LogP contribution in [0.2, 0.25) is 0 Å². The second-order valence-corrected chi connectivity index (χ2v) is 6.24. The van der Waals surface area contributed by atoms with Crippen LogP contribution >= 0.6 is 11.3 Å². The highest BCUT2D eigenvalue weighted by molar-refractivity contribution is 7.18. The summed E-state index contributed by atoms with van der Waals surface area (Å²) in [7, 11) is 0. The van der Waals surface area contributed by atoms with Gasteiger partial charge in [-0.3, -0.25) is 4.79 Å². The molecule has 0 saturated heterocycles. The molecule has 4 nitrogen and oxygen atoms in total. The molecule has 0 radical (unpaired) electrons. The van der Waals surface area contributed by atoms with Crippen molar-refractivity contribution in [2.45, 2.75) is 6.42 Å². The van der Waals surface area contributed by atoms with Gasteiger partial charge in [-0.2, -0.15) is 0 Å². The van der Waals surface area contributed by atoms with Crippen molar-refractivity contribution >= 4 is 38.4 Å². The molecule has 0 atom stereocenters. The lowest BCUT2D eigenvalue weighted by Crippen LogP contribution is -2.10. The third kappa shape index (κ3) is 2.25. The van der Waals surface area contributed by atoms with Gasteiger partial charge in [-0.1, -0.05) is 6.07 Å². The monoisotopic (exact) mass is 308 g/mol. The normalized spacial score (nSPS) is 11.3. The molecule has 0 aliphatic rings. The molecular weight excluding hydrogens is 296 g/mol. The highest BCUT2D eigenvalue weighted by Gasteiger charge is 2.08. The first-order chi connectivity index (χ1) is 10.7. The number of thiazole rings is 1. The third-order valence-corrected chi connectivity index (χ3v) is 4.61. The lowest BCUT2D eigenvalue weighted by molar-refractivity contribution is 0.100. The zero-order chi connectivity index (χ0) is 15.1. The lowest BCUT2D eigenvalue weighted by atomic mass is 10.1. The van der Waals surface area contributed by atoms with E-state index in [-0.39, 0.29) is 0 Å². The van der Waals surface area contributed by atoms with Gasteiger partial charge in [0.05, 0.1) is 21.5 Å². The van der Waals surface area contributed by atoms with E-state index in [4.69, 9.17) is 10.2 Å². The van der Waals surface area contributed by atoms with Gasteiger partial charge in [0, 0.05) is 17.4 Å². The predicted molar refractivity (Wildman–Crippen MR) is 87.2 cm³/mol. The van der Waals surface area contributed by atoms with Crippen LogP contribution in [0.15, 0.2) is 53.1 Å². The molecule has 5 heteroatoms. The summed E-state index contributed by atoms with van der Waals surface area (Å²) in [4.78, 5) is 15.9. The number of hydrogen-bond acceptors (Lipinski definition) is 4. The van der Waals surface area contributed by atoms with E-state index >= 15 is 0 Å². The summed E-state index contributed by atoms with van der Waals surface area (Å²) in [6.45, 7) is 0. The molecule has 0 spiro atoms. The number of rotatable bonds is 3. The molecule has 0 aliphatic carbocycles. The minimum absolute atomic E-state index is 0.415. The number of aromatic nitrogens is 1. The van der Waals surface area contributed by atoms with E-state index in [1.807, 2.05) is 24.3 Å². The summed E-state index contributed by atoms with van der Waals surface area (Å²) < 4.78 is 6.33. The SMILES string of the molecule is NC(=O)c1ccc2nc(Cc3ccc4occc4c3)sc2c1. The Balaban J connectivity index is 1.69. The van der Waals surface area contributed by atoms with Crippen LogP contribution in [0.25, 0.3) is 21.2 Å². The zero-order valence-corrected chi connectivity index (χ0v) is 12.4. The zero-order valence-electron chi connectivity index (χ0n) is 11.6. The van der Waals surface area contributed by atoms with E-state index in [9.17, 15) is 4.79 Å². The average molecular weight is 308 g/mol. The Morgan fingerprint density at radius 1 is 1.18 bits per heavy atom. The van der Waals surface area contributed by atoms with Crippen molar-refractivity contribution < 1.29 is 9.21 Å². The molecule has 4 aromatic rings. The summed E-state index contributed by atoms with van der Waals surface area (Å²) in [5.41, 5.74) is 8.80. The summed E-state index contributed by atoms with van der Waals surface area (Å²) >= 11 is 1.59. The molecule has 22 heavy (non-hydrogen) atoms. The molecule has 2 N–H and O–H groups in total. The Bertz CT molecular complexity index is 1000. The molecule has 4 rings (SSSR count). The molecule has 0 aliphatic heterocycles. The number of nitrogens with zero attached hydrogens (tertiary/aromatic N) is 1. The second kappa shape index (κ2) is 4.96. The molecule has 0 saturated carbocycles. The van der Waals surface area contributed by atoms with Crippen LogP contribution in [-0.2, 0) is 6.42 Å². The Labute approximate surface area is 130 Å². The van der Waals surface area contributed by atoms with Crippen molar-refractivity contribution in [3.05, 3.63) is 64.9 Å². The first-order valence-electron chi connectivity index (χ1n) is 6.84. The van der Waals surface area contributed by atoms with Gasteiger partial charge in [-0.25, -0.2) is 4.98 Å². The molecule has 108 valence electrons. The maximum atomic E-state index is 11.2. The highest BCUT2D eigenvalue weighted by atomic mass is 32.1. The van der Waals surface area contributed by atoms with Gasteiger partial charge in [0.15, 0.2) is 0 Å². The number of primary amides is 1. The molecule has 1 amide bonds. The van der Waals surface area contributed by atoms with Crippen LogP contribution in [0.4, 0.5) is 0 Å². The molecule has 2 heterocycles. The van der Waals surface area contributed by atoms with E-state index in [1.54, 1.807) is 29.7 Å². The van der Waals surface area contributed by atoms with Gasteiger partial charge < -0.3 is 10.2 Å². The van der Waals surface area contributed by atoms with Gasteiger partial charge in [0.1, 0.15) is 5.58 Å². The predicted octanol–water partition coefficient (Wildman–Crippen LogP) is 3.73. The first-order valence-corrected chi connectivity index (χ1v) is 7.66. The van der Waals surface area contributed by atoms with Gasteiger partial charge in [0.25, 0.3) is 0 Å². The van der Waals surface area contributed by atoms with E-state index in [1.165, 1.54) is 5.56 Å². The van der Waals surface area contributed by atoms with E-state index in [2.05, 4.69) is 11.1 Å². The topological polar surface area (TPSA) is 69.1 Å². The maximum absolute atomic E-state index is 11.2. The molecule has 2 aromatic carbocycles. The first kappa shape index (κ1) is 13.0. The minimum Gasteiger partial charge on any atom is -0.464 e. The minimum atomic E-state index is -0.415. The Morgan fingerprint density at radius 3 is 2.95 bits per heavy atom. The van der Waals surface area contributed by atoms with E-state index in [0.29, 0.717) is 5.56 Å². The number of amides is 1. The van der Waals surface area contributed by atoms with Crippen LogP contribution in [0.3, 0.4) is 0 Å². The number of fused-ring (bicyclic) bond motifs is 2. The Hall–Kier alpha value is -2.66. The van der Waals surface area contributed by atoms with Crippen molar-refractivity contribution in [1.29, 1.82) is 0 Å². The quantitative estimate of drug-likeness (QED) is 0.627. The number of carbonyl (C=O) groups excluding carboxylic acids is 1. The Morgan fingerprint density at radius 2 is 2.09 bits per heavy atom. The number of benzene rings is 2. The Kier molecular flexibility index (Phi) is 2.94. The molecular formula is C17H12N2O2S. The number of carbonyl (C=O) groups is 1. The van der Waals surface area contributed by atoms with Crippen molar-refractivity contribution in [3.63, 3.8) is 0 Å². The lowest BCUT2D eigenvalue weighted by Gasteiger charge is -1.97. The molecule has 0 bridgehead atoms. The van der Waals surface area contributed by atoms with Crippen molar-refractivity contribution in [1.82, 2.24) is 4.98 Å². The molecule has 0 fully saturated rings. The highest BCUT2D eigenvalue weighted by Crippen LogP contribution is 2.26. The largest absolute Gasteiger partial charge is 0.464 e. The molecule has 2 aromatic heterocycles. The fraction of sp³-hybridized carbons (Fsp3) is 0.0588. The van der Waals surface area contributed by atoms with Crippen molar-refractivity contribution in [2.75, 3.05) is 0 Å². The van der Waals surface area contributed by atoms with Crippen LogP contribution in [-0.4, -0.2) is 10.9 Å². The van der Waals surface area contributed by atoms with Gasteiger partial charge in [-0.15, -0.1) is 11.3 Å². The number of furan rings is 1. The van der Waals surface area contributed by atoms with Crippen molar-refractivity contribution in [2.24, 2.45) is 5.73 Å². The van der Waals surface area contributed by atoms with Gasteiger partial charge in [0.2, 0.25) is 5.91 Å². The van der Waals surface area contributed by atoms with Crippen LogP contribution < -0.4 is 5.73 Å². The van der Waals surface area contributed by atoms with E-state index in [0.717, 1.165) is 32.6 Å². The standard InChI is InChI=1S/C17H12N2O2S/c18-17(20)12-2-3-13-15(9-12)22-16(19-13)8-10-1-4-14-11(7-10)5-6-21-14/h1-7,9H,8H2,(H2,18,20). The second-order valence-electron chi connectivity index (χ2n) is 5.12. The van der Waals surface area contributed by atoms with Crippen LogP contribution in [0.1, 0.15) is 20.9 Å². The maximum Gasteiger partial charge on any atom is 0.248 e. The molecule has 0 unspecified atom stereocenters. The van der Waals surface area contributed by atoms with Gasteiger partial charge >= 0.3 is 0 Å². The van der Waals surface area contributed by atoms with Crippen LogP contribution in [0.5, 0.6) is 0 Å². The summed E-state index contributed by atoms with van der Waals surface area (Å²) in [6, 6.07) is 13.4. The third-order valence-electron chi connectivity index (χ3n) is 3.59. The smallest absolute Gasteiger partial charge is 0.248 e. The fourth-order valence-electron chi connectivity index (χ4n) is 2.50. The van der Waals surface area contributed by atoms with Gasteiger partial charge in [-0.05, 0) is 42.0 Å². The summed E-state index contributed by atoms with van der Waals surface area (Å²) in [5.74, 6) is -0.415. The number of nitrogens with two attached hydrogens (primary N) is 1. The summed E-state index contributed by atoms with van der Waals surface area (Å²) in [5, 5.41) is 2.11. The summed E-state index contributed by atoms with van der Waals surface area (Å²) in [6.07, 6.45) is 2.45. The van der Waals surface area contributed by atoms with Crippen molar-refractivity contribution in [3.8, 4) is 0 Å². The average Bonchev–Trinajstić information content (AvgIpc) is 3.11. The number of hydrogen-bond donors (Lipinski definition) is 1.